The lowest BCUT2D eigenvalue weighted by atomic mass is 10.1. The Morgan fingerprint density at radius 1 is 1.40 bits per heavy atom. The molecule has 104 valence electrons. The molecule has 0 fully saturated rings. The average Bonchev–Trinajstić information content (AvgIpc) is 2.91. The lowest BCUT2D eigenvalue weighted by Crippen LogP contribution is -2.30. The van der Waals surface area contributed by atoms with Crippen LogP contribution in [0.15, 0.2) is 35.8 Å². The maximum Gasteiger partial charge on any atom is 0.305 e. The second-order valence-electron chi connectivity index (χ2n) is 4.08. The molecule has 0 aliphatic carbocycles. The second-order valence-corrected chi connectivity index (χ2v) is 5.06. The summed E-state index contributed by atoms with van der Waals surface area (Å²) in [5.74, 6) is -1.47. The Kier molecular flexibility index (Phi) is 4.31. The third-order valence-corrected chi connectivity index (χ3v) is 3.61. The van der Waals surface area contributed by atoms with E-state index >= 15 is 0 Å². The summed E-state index contributed by atoms with van der Waals surface area (Å²) in [5.41, 5.74) is 6.03. The van der Waals surface area contributed by atoms with Crippen LogP contribution in [0, 0.1) is 0 Å². The smallest absolute Gasteiger partial charge is 0.305 e. The molecule has 0 aliphatic heterocycles. The molecule has 2 rings (SSSR count). The second kappa shape index (κ2) is 6.16. The van der Waals surface area contributed by atoms with Gasteiger partial charge < -0.3 is 16.2 Å². The topological polar surface area (TPSA) is 105 Å². The zero-order chi connectivity index (χ0) is 14.5. The first kappa shape index (κ1) is 14.0. The van der Waals surface area contributed by atoms with Crippen molar-refractivity contribution in [3.63, 3.8) is 0 Å². The van der Waals surface area contributed by atoms with Crippen LogP contribution >= 0.6 is 11.3 Å². The molecule has 0 aliphatic rings. The number of nitrogens with two attached hydrogens (primary N) is 1. The normalized spacial score (nSPS) is 11.8. The number of amides is 1. The van der Waals surface area contributed by atoms with Gasteiger partial charge in [0.2, 0.25) is 0 Å². The van der Waals surface area contributed by atoms with E-state index < -0.39 is 17.9 Å². The van der Waals surface area contributed by atoms with Gasteiger partial charge in [-0.1, -0.05) is 6.07 Å². The van der Waals surface area contributed by atoms with Crippen molar-refractivity contribution in [1.29, 1.82) is 0 Å². The number of nitrogens with zero attached hydrogens (tertiary/aromatic N) is 1. The van der Waals surface area contributed by atoms with Gasteiger partial charge in [0.15, 0.2) is 5.69 Å². The molecule has 0 spiro atoms. The molecule has 6 nitrogen and oxygen atoms in total. The number of nitrogens with one attached hydrogen (secondary N) is 1. The number of nitrogen functional groups attached to an aromatic ring is 1. The first-order valence-corrected chi connectivity index (χ1v) is 6.72. The zero-order valence-electron chi connectivity index (χ0n) is 10.4. The van der Waals surface area contributed by atoms with E-state index in [9.17, 15) is 9.59 Å². The molecule has 1 unspecified atom stereocenters. The summed E-state index contributed by atoms with van der Waals surface area (Å²) in [7, 11) is 0. The van der Waals surface area contributed by atoms with Gasteiger partial charge in [-0.3, -0.25) is 9.59 Å². The van der Waals surface area contributed by atoms with Crippen molar-refractivity contribution >= 4 is 28.9 Å². The summed E-state index contributed by atoms with van der Waals surface area (Å²) in [4.78, 5) is 27.7. The minimum Gasteiger partial charge on any atom is -0.481 e. The number of thiophene rings is 1. The molecule has 4 N–H and O–H groups in total. The molecule has 2 aromatic heterocycles. The van der Waals surface area contributed by atoms with Crippen LogP contribution in [0.1, 0.15) is 27.8 Å². The highest BCUT2D eigenvalue weighted by Crippen LogP contribution is 2.22. The van der Waals surface area contributed by atoms with E-state index in [0.29, 0.717) is 0 Å². The van der Waals surface area contributed by atoms with Gasteiger partial charge in [-0.2, -0.15) is 0 Å². The number of hydrogen-bond donors (Lipinski definition) is 3. The van der Waals surface area contributed by atoms with Crippen molar-refractivity contribution < 1.29 is 14.7 Å². The summed E-state index contributed by atoms with van der Waals surface area (Å²) >= 11 is 1.38. The van der Waals surface area contributed by atoms with Crippen molar-refractivity contribution in [2.45, 2.75) is 12.5 Å². The predicted octanol–water partition coefficient (Wildman–Crippen LogP) is 1.67. The highest BCUT2D eigenvalue weighted by atomic mass is 32.1. The Bertz CT molecular complexity index is 613. The first-order chi connectivity index (χ1) is 9.58. The van der Waals surface area contributed by atoms with E-state index in [4.69, 9.17) is 10.8 Å². The number of carbonyl (C=O) groups excluding carboxylic acids is 1. The summed E-state index contributed by atoms with van der Waals surface area (Å²) in [6.07, 6.45) is 1.27. The fourth-order valence-electron chi connectivity index (χ4n) is 1.72. The van der Waals surface area contributed by atoms with Crippen molar-refractivity contribution in [2.75, 3.05) is 5.73 Å². The van der Waals surface area contributed by atoms with E-state index in [0.717, 1.165) is 4.88 Å². The van der Waals surface area contributed by atoms with Gasteiger partial charge >= 0.3 is 5.97 Å². The Balaban J connectivity index is 2.18. The molecule has 0 bridgehead atoms. The molecule has 1 atom stereocenters. The lowest BCUT2D eigenvalue weighted by molar-refractivity contribution is -0.137. The summed E-state index contributed by atoms with van der Waals surface area (Å²) in [6.45, 7) is 0. The van der Waals surface area contributed by atoms with E-state index in [2.05, 4.69) is 10.3 Å². The molecule has 0 radical (unpaired) electrons. The Labute approximate surface area is 119 Å². The number of hydrogen-bond acceptors (Lipinski definition) is 5. The molecule has 2 heterocycles. The van der Waals surface area contributed by atoms with Crippen molar-refractivity contribution in [1.82, 2.24) is 10.3 Å². The van der Waals surface area contributed by atoms with Gasteiger partial charge in [0.05, 0.1) is 18.2 Å². The van der Waals surface area contributed by atoms with Crippen molar-refractivity contribution in [2.24, 2.45) is 0 Å². The van der Waals surface area contributed by atoms with Crippen LogP contribution in [-0.2, 0) is 4.79 Å². The van der Waals surface area contributed by atoms with E-state index in [1.165, 1.54) is 17.5 Å². The van der Waals surface area contributed by atoms with Crippen LogP contribution in [0.5, 0.6) is 0 Å². The minimum absolute atomic E-state index is 0.0967. The quantitative estimate of drug-likeness (QED) is 0.777. The van der Waals surface area contributed by atoms with E-state index in [-0.39, 0.29) is 17.8 Å². The van der Waals surface area contributed by atoms with Crippen LogP contribution in [0.2, 0.25) is 0 Å². The number of aliphatic carboxylic acids is 1. The third-order valence-electron chi connectivity index (χ3n) is 2.62. The van der Waals surface area contributed by atoms with E-state index in [1.807, 2.05) is 5.38 Å². The number of aromatic nitrogens is 1. The Hall–Kier alpha value is -2.41. The molecule has 1 amide bonds. The van der Waals surface area contributed by atoms with Crippen LogP contribution in [0.25, 0.3) is 0 Å². The predicted molar refractivity (Wildman–Crippen MR) is 75.4 cm³/mol. The molecular weight excluding hydrogens is 278 g/mol. The molecular formula is C13H13N3O3S. The number of carbonyl (C=O) groups is 2. The van der Waals surface area contributed by atoms with Gasteiger partial charge in [-0.15, -0.1) is 11.3 Å². The average molecular weight is 291 g/mol. The van der Waals surface area contributed by atoms with E-state index in [1.54, 1.807) is 24.3 Å². The molecule has 0 saturated heterocycles. The zero-order valence-corrected chi connectivity index (χ0v) is 11.3. The molecule has 0 saturated carbocycles. The Morgan fingerprint density at radius 2 is 2.20 bits per heavy atom. The van der Waals surface area contributed by atoms with Crippen LogP contribution in [0.3, 0.4) is 0 Å². The maximum atomic E-state index is 12.1. The maximum absolute atomic E-state index is 12.1. The van der Waals surface area contributed by atoms with Crippen LogP contribution < -0.4 is 11.1 Å². The van der Waals surface area contributed by atoms with Gasteiger partial charge in [-0.25, -0.2) is 4.98 Å². The standard InChI is InChI=1S/C13H13N3O3S/c14-8-3-1-5-15-12(8)13(19)16-9(7-11(17)18)10-4-2-6-20-10/h1-6,9H,7,14H2,(H,16,19)(H,17,18). The summed E-state index contributed by atoms with van der Waals surface area (Å²) in [6, 6.07) is 6.18. The van der Waals surface area contributed by atoms with Gasteiger partial charge in [0, 0.05) is 11.1 Å². The fourth-order valence-corrected chi connectivity index (χ4v) is 2.50. The summed E-state index contributed by atoms with van der Waals surface area (Å²) < 4.78 is 0. The molecule has 20 heavy (non-hydrogen) atoms. The van der Waals surface area contributed by atoms with Gasteiger partial charge in [0.1, 0.15) is 0 Å². The number of rotatable bonds is 5. The molecule has 2 aromatic rings. The van der Waals surface area contributed by atoms with Gasteiger partial charge in [0.25, 0.3) is 5.91 Å². The monoisotopic (exact) mass is 291 g/mol. The SMILES string of the molecule is Nc1cccnc1C(=O)NC(CC(=O)O)c1cccs1. The van der Waals surface area contributed by atoms with Crippen molar-refractivity contribution in [3.8, 4) is 0 Å². The lowest BCUT2D eigenvalue weighted by Gasteiger charge is -2.15. The first-order valence-electron chi connectivity index (χ1n) is 5.84. The van der Waals surface area contributed by atoms with Crippen molar-refractivity contribution in [3.05, 3.63) is 46.4 Å². The molecule has 7 heteroatoms. The minimum atomic E-state index is -0.988. The Morgan fingerprint density at radius 3 is 2.80 bits per heavy atom. The van der Waals surface area contributed by atoms with Gasteiger partial charge in [-0.05, 0) is 23.6 Å². The molecule has 0 aromatic carbocycles. The number of pyridine rings is 1. The highest BCUT2D eigenvalue weighted by molar-refractivity contribution is 7.10. The largest absolute Gasteiger partial charge is 0.481 e. The summed E-state index contributed by atoms with van der Waals surface area (Å²) in [5, 5.41) is 13.4. The number of anilines is 1. The van der Waals surface area contributed by atoms with Crippen LogP contribution in [0.4, 0.5) is 5.69 Å². The highest BCUT2D eigenvalue weighted by Gasteiger charge is 2.21. The number of carboxylic acid groups (broad SMARTS) is 1. The third kappa shape index (κ3) is 3.33. The van der Waals surface area contributed by atoms with Crippen LogP contribution in [-0.4, -0.2) is 22.0 Å². The number of carboxylic acids is 1. The fraction of sp³-hybridized carbons (Fsp3) is 0.154.